The molecule has 0 spiro atoms. The summed E-state index contributed by atoms with van der Waals surface area (Å²) in [6.45, 7) is 11.0. The Balaban J connectivity index is 0.000000749. The molecule has 0 bridgehead atoms. The molecule has 3 heterocycles. The molecule has 0 amide bonds. The summed E-state index contributed by atoms with van der Waals surface area (Å²) in [4.78, 5) is 4.12. The lowest BCUT2D eigenvalue weighted by molar-refractivity contribution is -0.537. The van der Waals surface area contributed by atoms with E-state index < -0.39 is 7.25 Å². The molecule has 2 aliphatic heterocycles. The number of para-hydroxylation sites is 1. The lowest BCUT2D eigenvalue weighted by Gasteiger charge is -2.30. The first kappa shape index (κ1) is 33.6. The van der Waals surface area contributed by atoms with Gasteiger partial charge in [0, 0.05) is 56.0 Å². The van der Waals surface area contributed by atoms with Crippen molar-refractivity contribution in [2.24, 2.45) is 0 Å². The smallest absolute Gasteiger partial charge is 0.418 e. The zero-order valence-corrected chi connectivity index (χ0v) is 27.0. The van der Waals surface area contributed by atoms with Crippen LogP contribution < -0.4 is 14.4 Å². The minimum atomic E-state index is -6.00. The first-order valence-electron chi connectivity index (χ1n) is 15.9. The Morgan fingerprint density at radius 3 is 1.44 bits per heavy atom. The minimum Gasteiger partial charge on any atom is -0.418 e. The van der Waals surface area contributed by atoms with Crippen LogP contribution in [-0.2, 0) is 9.47 Å². The second-order valence-electron chi connectivity index (χ2n) is 12.2. The molecule has 48 heavy (non-hydrogen) atoms. The highest BCUT2D eigenvalue weighted by Gasteiger charge is 2.30. The molecule has 0 aliphatic carbocycles. The third kappa shape index (κ3) is 6.95. The molecular formula is C36H36BF6N3O2. The Morgan fingerprint density at radius 1 is 0.604 bits per heavy atom. The second-order valence-corrected chi connectivity index (χ2v) is 12.2. The van der Waals surface area contributed by atoms with Crippen molar-refractivity contribution in [2.45, 2.75) is 20.8 Å². The van der Waals surface area contributed by atoms with E-state index >= 15 is 8.78 Å². The summed E-state index contributed by atoms with van der Waals surface area (Å²) in [5.74, 6) is -0.579. The van der Waals surface area contributed by atoms with E-state index in [1.807, 2.05) is 30.3 Å². The molecule has 2 saturated heterocycles. The van der Waals surface area contributed by atoms with Gasteiger partial charge in [-0.25, -0.2) is 8.78 Å². The molecule has 0 N–H and O–H groups in total. The number of morpholine rings is 2. The standard InChI is InChI=1S/C36H36F2N3O2.BF4/c1-23-17-24(2)35(25(3)18-23)36-27-19-29(37)33(39-9-13-42-14-10-39)21-31(27)41(26-7-5-4-6-8-26)32-22-34(30(38)20-28(32)36)40-11-15-43-16-12-40;2-1(3,4)5/h4-8,17-22H,9-16H2,1-3H3;/q+1;-1. The Kier molecular flexibility index (Phi) is 9.58. The quantitative estimate of drug-likeness (QED) is 0.0839. The van der Waals surface area contributed by atoms with E-state index in [1.165, 1.54) is 0 Å². The Hall–Kier alpha value is -4.29. The second kappa shape index (κ2) is 13.7. The lowest BCUT2D eigenvalue weighted by Crippen LogP contribution is -2.38. The molecule has 12 heteroatoms. The molecule has 0 saturated carbocycles. The van der Waals surface area contributed by atoms with Crippen molar-refractivity contribution in [2.75, 3.05) is 62.4 Å². The van der Waals surface area contributed by atoms with Crippen molar-refractivity contribution in [3.8, 4) is 16.8 Å². The van der Waals surface area contributed by atoms with Crippen LogP contribution in [0.5, 0.6) is 0 Å². The predicted octanol–water partition coefficient (Wildman–Crippen LogP) is 8.11. The summed E-state index contributed by atoms with van der Waals surface area (Å²) >= 11 is 0. The number of fused-ring (bicyclic) bond motifs is 2. The first-order chi connectivity index (χ1) is 22.9. The third-order valence-corrected chi connectivity index (χ3v) is 8.80. The van der Waals surface area contributed by atoms with Crippen molar-refractivity contribution < 1.29 is 40.1 Å². The lowest BCUT2D eigenvalue weighted by atomic mass is 9.88. The van der Waals surface area contributed by atoms with Gasteiger partial charge in [-0.3, -0.25) is 0 Å². The van der Waals surface area contributed by atoms with Gasteiger partial charge in [0.1, 0.15) is 11.6 Å². The fraction of sp³-hybridized carbons (Fsp3) is 0.306. The third-order valence-electron chi connectivity index (χ3n) is 8.80. The van der Waals surface area contributed by atoms with Gasteiger partial charge < -0.3 is 36.5 Å². The van der Waals surface area contributed by atoms with Gasteiger partial charge in [-0.15, -0.1) is 0 Å². The zero-order valence-electron chi connectivity index (χ0n) is 27.0. The Morgan fingerprint density at radius 2 is 1.02 bits per heavy atom. The normalized spacial score (nSPS) is 15.5. The summed E-state index contributed by atoms with van der Waals surface area (Å²) < 4.78 is 84.7. The van der Waals surface area contributed by atoms with Crippen LogP contribution in [0, 0.1) is 32.4 Å². The summed E-state index contributed by atoms with van der Waals surface area (Å²) in [6, 6.07) is 21.6. The maximum atomic E-state index is 16.2. The van der Waals surface area contributed by atoms with Crippen molar-refractivity contribution in [3.63, 3.8) is 0 Å². The number of aryl methyl sites for hydroxylation is 3. The fourth-order valence-electron chi connectivity index (χ4n) is 6.94. The summed E-state index contributed by atoms with van der Waals surface area (Å²) in [5, 5.41) is 1.50. The maximum absolute atomic E-state index is 16.2. The molecule has 7 rings (SSSR count). The Labute approximate surface area is 275 Å². The largest absolute Gasteiger partial charge is 0.673 e. The van der Waals surface area contributed by atoms with Crippen molar-refractivity contribution in [1.29, 1.82) is 0 Å². The van der Waals surface area contributed by atoms with Gasteiger partial charge in [0.05, 0.1) is 48.6 Å². The molecule has 5 nitrogen and oxygen atoms in total. The number of pyridine rings is 1. The summed E-state index contributed by atoms with van der Waals surface area (Å²) in [6.07, 6.45) is 0. The van der Waals surface area contributed by atoms with E-state index in [2.05, 4.69) is 59.4 Å². The van der Waals surface area contributed by atoms with Gasteiger partial charge in [0.15, 0.2) is 0 Å². The van der Waals surface area contributed by atoms with Gasteiger partial charge in [0.2, 0.25) is 16.7 Å². The average molecular weight is 668 g/mol. The van der Waals surface area contributed by atoms with Crippen LogP contribution >= 0.6 is 0 Å². The molecule has 0 atom stereocenters. The number of benzene rings is 4. The predicted molar refractivity (Wildman–Crippen MR) is 179 cm³/mol. The number of hydrogen-bond donors (Lipinski definition) is 0. The highest BCUT2D eigenvalue weighted by molar-refractivity contribution is 6.50. The van der Waals surface area contributed by atoms with E-state index in [0.29, 0.717) is 64.0 Å². The molecule has 2 fully saturated rings. The zero-order chi connectivity index (χ0) is 34.2. The van der Waals surface area contributed by atoms with Crippen molar-refractivity contribution in [3.05, 3.63) is 95.1 Å². The van der Waals surface area contributed by atoms with E-state index in [9.17, 15) is 17.3 Å². The van der Waals surface area contributed by atoms with Crippen LogP contribution in [0.2, 0.25) is 0 Å². The highest BCUT2D eigenvalue weighted by atomic mass is 19.5. The molecule has 2 aliphatic rings. The number of halogens is 6. The topological polar surface area (TPSA) is 28.8 Å². The molecule has 0 unspecified atom stereocenters. The van der Waals surface area contributed by atoms with Crippen LogP contribution in [-0.4, -0.2) is 59.9 Å². The summed E-state index contributed by atoms with van der Waals surface area (Å²) in [7, 11) is -6.00. The SMILES string of the molecule is Cc1cc(C)c(-c2c3cc(F)c(N4CCOCC4)cc3[n+](-c3ccccc3)c3cc(N4CCOCC4)c(F)cc23)c(C)c1.F[B-](F)(F)F. The number of rotatable bonds is 4. The first-order valence-corrected chi connectivity index (χ1v) is 15.9. The van der Waals surface area contributed by atoms with Crippen molar-refractivity contribution in [1.82, 2.24) is 0 Å². The molecule has 1 aromatic heterocycles. The molecule has 252 valence electrons. The molecule has 5 aromatic rings. The minimum absolute atomic E-state index is 0.289. The highest BCUT2D eigenvalue weighted by Crippen LogP contribution is 2.42. The average Bonchev–Trinajstić information content (AvgIpc) is 3.04. The van der Waals surface area contributed by atoms with Crippen LogP contribution in [0.15, 0.2) is 66.7 Å². The van der Waals surface area contributed by atoms with Crippen molar-refractivity contribution >= 4 is 40.4 Å². The fourth-order valence-corrected chi connectivity index (χ4v) is 6.94. The number of anilines is 2. The Bertz CT molecular complexity index is 1850. The van der Waals surface area contributed by atoms with Crippen LogP contribution in [0.4, 0.5) is 37.4 Å². The van der Waals surface area contributed by atoms with Gasteiger partial charge >= 0.3 is 7.25 Å². The van der Waals surface area contributed by atoms with E-state index in [-0.39, 0.29) is 11.6 Å². The van der Waals surface area contributed by atoms with E-state index in [4.69, 9.17) is 9.47 Å². The van der Waals surface area contributed by atoms with Gasteiger partial charge in [-0.05, 0) is 49.6 Å². The van der Waals surface area contributed by atoms with E-state index in [0.717, 1.165) is 55.3 Å². The summed E-state index contributed by atoms with van der Waals surface area (Å²) in [5.41, 5.74) is 8.96. The molecular weight excluding hydrogens is 631 g/mol. The van der Waals surface area contributed by atoms with Gasteiger partial charge in [0.25, 0.3) is 0 Å². The number of ether oxygens (including phenoxy) is 2. The van der Waals surface area contributed by atoms with Gasteiger partial charge in [-0.2, -0.15) is 4.57 Å². The number of nitrogens with zero attached hydrogens (tertiary/aromatic N) is 3. The monoisotopic (exact) mass is 667 g/mol. The maximum Gasteiger partial charge on any atom is 0.673 e. The van der Waals surface area contributed by atoms with E-state index in [1.54, 1.807) is 12.1 Å². The molecule has 0 radical (unpaired) electrons. The molecule has 4 aromatic carbocycles. The van der Waals surface area contributed by atoms with Crippen LogP contribution in [0.3, 0.4) is 0 Å². The van der Waals surface area contributed by atoms with Crippen LogP contribution in [0.1, 0.15) is 16.7 Å². The van der Waals surface area contributed by atoms with Crippen LogP contribution in [0.25, 0.3) is 38.6 Å². The number of aromatic nitrogens is 1. The van der Waals surface area contributed by atoms with Gasteiger partial charge in [-0.1, -0.05) is 35.9 Å². The number of hydrogen-bond acceptors (Lipinski definition) is 4.